The fourth-order valence-electron chi connectivity index (χ4n) is 3.66. The maximum absolute atomic E-state index is 2.61. The summed E-state index contributed by atoms with van der Waals surface area (Å²) in [5, 5.41) is 0. The van der Waals surface area contributed by atoms with Crippen LogP contribution in [0.1, 0.15) is 54.4 Å². The molecule has 2 aliphatic rings. The zero-order valence-electron chi connectivity index (χ0n) is 14.6. The van der Waals surface area contributed by atoms with E-state index in [-0.39, 0.29) is 0 Å². The van der Waals surface area contributed by atoms with Crippen LogP contribution in [0.2, 0.25) is 0 Å². The van der Waals surface area contributed by atoms with Crippen molar-refractivity contribution in [1.29, 1.82) is 0 Å². The smallest absolute Gasteiger partial charge is 0.00388 e. The molecular formula is C18H36N2. The second-order valence-corrected chi connectivity index (χ2v) is 8.15. The molecule has 2 nitrogen and oxygen atoms in total. The number of hydrogen-bond donors (Lipinski definition) is 0. The van der Waals surface area contributed by atoms with Gasteiger partial charge in [-0.3, -0.25) is 0 Å². The predicted octanol–water partition coefficient (Wildman–Crippen LogP) is 3.72. The van der Waals surface area contributed by atoms with Crippen molar-refractivity contribution in [1.82, 2.24) is 9.80 Å². The van der Waals surface area contributed by atoms with Crippen molar-refractivity contribution in [3.8, 4) is 0 Å². The number of rotatable bonds is 7. The van der Waals surface area contributed by atoms with E-state index in [2.05, 4.69) is 51.3 Å². The van der Waals surface area contributed by atoms with E-state index in [4.69, 9.17) is 0 Å². The van der Waals surface area contributed by atoms with Gasteiger partial charge in [-0.1, -0.05) is 26.7 Å². The normalized spacial score (nSPS) is 25.8. The van der Waals surface area contributed by atoms with Gasteiger partial charge in [-0.25, -0.2) is 0 Å². The molecule has 0 spiro atoms. The zero-order chi connectivity index (χ0) is 14.9. The largest absolute Gasteiger partial charge is 0.300 e. The van der Waals surface area contributed by atoms with Gasteiger partial charge in [0, 0.05) is 38.3 Å². The van der Waals surface area contributed by atoms with Crippen molar-refractivity contribution >= 4 is 0 Å². The Hall–Kier alpha value is -0.0800. The molecule has 0 aliphatic carbocycles. The first kappa shape index (κ1) is 16.3. The van der Waals surface area contributed by atoms with E-state index in [0.717, 1.165) is 35.8 Å². The van der Waals surface area contributed by atoms with Gasteiger partial charge < -0.3 is 9.80 Å². The summed E-state index contributed by atoms with van der Waals surface area (Å²) in [7, 11) is 0. The molecule has 0 aromatic heterocycles. The van der Waals surface area contributed by atoms with E-state index in [0.29, 0.717) is 0 Å². The molecule has 2 fully saturated rings. The Labute approximate surface area is 126 Å². The van der Waals surface area contributed by atoms with Crippen LogP contribution < -0.4 is 0 Å². The van der Waals surface area contributed by atoms with Crippen LogP contribution in [0.3, 0.4) is 0 Å². The summed E-state index contributed by atoms with van der Waals surface area (Å²) in [5.74, 6) is 3.79. The van der Waals surface area contributed by atoms with Gasteiger partial charge in [0.15, 0.2) is 0 Å². The third-order valence-corrected chi connectivity index (χ3v) is 6.02. The molecule has 0 aromatic rings. The van der Waals surface area contributed by atoms with Crippen molar-refractivity contribution < 1.29 is 0 Å². The summed E-state index contributed by atoms with van der Waals surface area (Å²) >= 11 is 0. The average Bonchev–Trinajstić information content (AvgIpc) is 2.20. The van der Waals surface area contributed by atoms with Crippen LogP contribution in [0.4, 0.5) is 0 Å². The standard InChI is InChI=1S/C18H36N2/c1-13(2)19-9-17(10-19)15(5)7-8-16(6)18-11-20(12-18)14(3)4/h13-18H,7-12H2,1-6H3. The summed E-state index contributed by atoms with van der Waals surface area (Å²) < 4.78 is 0. The van der Waals surface area contributed by atoms with Gasteiger partial charge in [0.25, 0.3) is 0 Å². The first-order valence-corrected chi connectivity index (χ1v) is 8.86. The van der Waals surface area contributed by atoms with Crippen LogP contribution in [0.5, 0.6) is 0 Å². The van der Waals surface area contributed by atoms with Crippen LogP contribution in [0.25, 0.3) is 0 Å². The van der Waals surface area contributed by atoms with Gasteiger partial charge in [0.1, 0.15) is 0 Å². The van der Waals surface area contributed by atoms with Crippen LogP contribution >= 0.6 is 0 Å². The summed E-state index contributed by atoms with van der Waals surface area (Å²) in [6.45, 7) is 19.6. The van der Waals surface area contributed by atoms with Crippen molar-refractivity contribution in [2.24, 2.45) is 23.7 Å². The minimum absolute atomic E-state index is 0.745. The first-order valence-electron chi connectivity index (χ1n) is 8.86. The lowest BCUT2D eigenvalue weighted by molar-refractivity contribution is 0.0179. The third-order valence-electron chi connectivity index (χ3n) is 6.02. The average molecular weight is 281 g/mol. The summed E-state index contributed by atoms with van der Waals surface area (Å²) in [5.41, 5.74) is 0. The van der Waals surface area contributed by atoms with E-state index in [1.807, 2.05) is 0 Å². The molecule has 2 saturated heterocycles. The molecule has 0 bridgehead atoms. The SMILES string of the molecule is CC(CCC(C)C1CN(C(C)C)C1)C1CN(C(C)C)C1. The Morgan fingerprint density at radius 2 is 0.950 bits per heavy atom. The van der Waals surface area contributed by atoms with E-state index < -0.39 is 0 Å². The monoisotopic (exact) mass is 280 g/mol. The molecule has 2 atom stereocenters. The molecule has 2 unspecified atom stereocenters. The van der Waals surface area contributed by atoms with Crippen LogP contribution in [0, 0.1) is 23.7 Å². The fraction of sp³-hybridized carbons (Fsp3) is 1.00. The number of likely N-dealkylation sites (tertiary alicyclic amines) is 2. The van der Waals surface area contributed by atoms with Gasteiger partial charge >= 0.3 is 0 Å². The molecule has 118 valence electrons. The Morgan fingerprint density at radius 1 is 0.650 bits per heavy atom. The molecule has 20 heavy (non-hydrogen) atoms. The van der Waals surface area contributed by atoms with Crippen LogP contribution in [-0.2, 0) is 0 Å². The van der Waals surface area contributed by atoms with Crippen molar-refractivity contribution in [3.63, 3.8) is 0 Å². The highest BCUT2D eigenvalue weighted by Gasteiger charge is 2.34. The Bertz CT molecular complexity index is 258. The van der Waals surface area contributed by atoms with Gasteiger partial charge in [-0.2, -0.15) is 0 Å². The Balaban J connectivity index is 1.59. The minimum atomic E-state index is 0.745. The lowest BCUT2D eigenvalue weighted by atomic mass is 9.78. The molecule has 2 heteroatoms. The number of nitrogens with zero attached hydrogens (tertiary/aromatic N) is 2. The highest BCUT2D eigenvalue weighted by atomic mass is 15.2. The highest BCUT2D eigenvalue weighted by molar-refractivity contribution is 4.88. The molecule has 2 aliphatic heterocycles. The molecule has 2 heterocycles. The molecule has 0 aromatic carbocycles. The third kappa shape index (κ3) is 3.76. The van der Waals surface area contributed by atoms with Crippen LogP contribution in [-0.4, -0.2) is 48.1 Å². The summed E-state index contributed by atoms with van der Waals surface area (Å²) in [4.78, 5) is 5.22. The zero-order valence-corrected chi connectivity index (χ0v) is 14.6. The minimum Gasteiger partial charge on any atom is -0.300 e. The molecule has 0 saturated carbocycles. The van der Waals surface area contributed by atoms with Gasteiger partial charge in [-0.05, 0) is 51.4 Å². The predicted molar refractivity (Wildman–Crippen MR) is 88.0 cm³/mol. The summed E-state index contributed by atoms with van der Waals surface area (Å²) in [6.07, 6.45) is 2.88. The maximum Gasteiger partial charge on any atom is 0.00388 e. The number of hydrogen-bond acceptors (Lipinski definition) is 2. The molecule has 0 amide bonds. The maximum atomic E-state index is 2.61. The van der Waals surface area contributed by atoms with E-state index in [1.165, 1.54) is 39.0 Å². The second-order valence-electron chi connectivity index (χ2n) is 8.15. The second kappa shape index (κ2) is 6.79. The van der Waals surface area contributed by atoms with E-state index in [1.54, 1.807) is 0 Å². The van der Waals surface area contributed by atoms with E-state index in [9.17, 15) is 0 Å². The first-order chi connectivity index (χ1) is 9.38. The quantitative estimate of drug-likeness (QED) is 0.701. The van der Waals surface area contributed by atoms with Gasteiger partial charge in [0.2, 0.25) is 0 Å². The van der Waals surface area contributed by atoms with Crippen molar-refractivity contribution in [2.75, 3.05) is 26.2 Å². The summed E-state index contributed by atoms with van der Waals surface area (Å²) in [6, 6.07) is 1.49. The van der Waals surface area contributed by atoms with Gasteiger partial charge in [-0.15, -0.1) is 0 Å². The molecule has 0 N–H and O–H groups in total. The van der Waals surface area contributed by atoms with Crippen molar-refractivity contribution in [2.45, 2.75) is 66.5 Å². The fourth-order valence-corrected chi connectivity index (χ4v) is 3.66. The molecule has 2 rings (SSSR count). The molecule has 0 radical (unpaired) electrons. The molecular weight excluding hydrogens is 244 g/mol. The Morgan fingerprint density at radius 3 is 1.20 bits per heavy atom. The Kier molecular flexibility index (Phi) is 5.53. The lowest BCUT2D eigenvalue weighted by Gasteiger charge is -2.47. The highest BCUT2D eigenvalue weighted by Crippen LogP contribution is 2.33. The van der Waals surface area contributed by atoms with Crippen LogP contribution in [0.15, 0.2) is 0 Å². The van der Waals surface area contributed by atoms with Crippen molar-refractivity contribution in [3.05, 3.63) is 0 Å². The van der Waals surface area contributed by atoms with E-state index >= 15 is 0 Å². The lowest BCUT2D eigenvalue weighted by Crippen LogP contribution is -2.53. The topological polar surface area (TPSA) is 6.48 Å². The van der Waals surface area contributed by atoms with Gasteiger partial charge in [0.05, 0.1) is 0 Å².